The Labute approximate surface area is 119 Å². The molecule has 2 saturated heterocycles. The fourth-order valence-electron chi connectivity index (χ4n) is 3.41. The maximum Gasteiger partial charge on any atom is 0.115 e. The molecule has 4 heteroatoms. The Morgan fingerprint density at radius 2 is 2.00 bits per heavy atom. The predicted octanol–water partition coefficient (Wildman–Crippen LogP) is 2.19. The van der Waals surface area contributed by atoms with Crippen molar-refractivity contribution >= 4 is 0 Å². The summed E-state index contributed by atoms with van der Waals surface area (Å²) in [5, 5.41) is 20.3. The second kappa shape index (κ2) is 5.02. The molecule has 20 heavy (non-hydrogen) atoms. The second-order valence-electron chi connectivity index (χ2n) is 6.22. The van der Waals surface area contributed by atoms with Gasteiger partial charge in [-0.3, -0.25) is 0 Å². The Bertz CT molecular complexity index is 460. The molecule has 0 saturated carbocycles. The predicted molar refractivity (Wildman–Crippen MR) is 74.5 cm³/mol. The van der Waals surface area contributed by atoms with Gasteiger partial charge in [0.2, 0.25) is 0 Å². The number of rotatable bonds is 2. The van der Waals surface area contributed by atoms with Gasteiger partial charge in [-0.2, -0.15) is 0 Å². The van der Waals surface area contributed by atoms with Gasteiger partial charge in [0, 0.05) is 19.6 Å². The Balaban J connectivity index is 1.81. The van der Waals surface area contributed by atoms with Crippen molar-refractivity contribution in [2.75, 3.05) is 19.8 Å². The molecule has 2 heterocycles. The molecule has 4 nitrogen and oxygen atoms in total. The molecule has 2 aliphatic heterocycles. The average molecular weight is 278 g/mol. The van der Waals surface area contributed by atoms with Gasteiger partial charge in [-0.15, -0.1) is 0 Å². The van der Waals surface area contributed by atoms with Crippen LogP contribution >= 0.6 is 0 Å². The number of hydrogen-bond acceptors (Lipinski definition) is 4. The number of phenolic OH excluding ortho intramolecular Hbond substituents is 1. The summed E-state index contributed by atoms with van der Waals surface area (Å²) in [6.45, 7) is 3.91. The Kier molecular flexibility index (Phi) is 3.48. The first-order chi connectivity index (χ1) is 9.52. The molecule has 0 aromatic heterocycles. The van der Waals surface area contributed by atoms with Crippen LogP contribution in [-0.4, -0.2) is 35.6 Å². The summed E-state index contributed by atoms with van der Waals surface area (Å²) in [7, 11) is 0. The number of ether oxygens (including phenoxy) is 2. The largest absolute Gasteiger partial charge is 0.508 e. The molecule has 3 unspecified atom stereocenters. The summed E-state index contributed by atoms with van der Waals surface area (Å²) in [4.78, 5) is 0. The Hall–Kier alpha value is -1.10. The lowest BCUT2D eigenvalue weighted by Gasteiger charge is -2.43. The smallest absolute Gasteiger partial charge is 0.115 e. The molecule has 1 aromatic carbocycles. The van der Waals surface area contributed by atoms with E-state index in [4.69, 9.17) is 9.47 Å². The monoisotopic (exact) mass is 278 g/mol. The first-order valence-corrected chi connectivity index (χ1v) is 7.25. The first-order valence-electron chi connectivity index (χ1n) is 7.25. The number of phenols is 1. The fourth-order valence-corrected chi connectivity index (χ4v) is 3.41. The number of benzene rings is 1. The molecular formula is C16H22O4. The number of aliphatic hydroxyl groups is 1. The van der Waals surface area contributed by atoms with Crippen molar-refractivity contribution in [2.45, 2.75) is 37.4 Å². The molecule has 3 rings (SSSR count). The highest BCUT2D eigenvalue weighted by Crippen LogP contribution is 2.43. The topological polar surface area (TPSA) is 58.9 Å². The van der Waals surface area contributed by atoms with Crippen molar-refractivity contribution in [3.63, 3.8) is 0 Å². The minimum absolute atomic E-state index is 0.141. The van der Waals surface area contributed by atoms with E-state index in [9.17, 15) is 10.2 Å². The minimum atomic E-state index is -0.910. The summed E-state index contributed by atoms with van der Waals surface area (Å²) in [5.74, 6) is 0.361. The van der Waals surface area contributed by atoms with Gasteiger partial charge < -0.3 is 19.7 Å². The molecule has 0 amide bonds. The Morgan fingerprint density at radius 1 is 1.25 bits per heavy atom. The molecular weight excluding hydrogens is 256 g/mol. The molecule has 0 radical (unpaired) electrons. The van der Waals surface area contributed by atoms with Gasteiger partial charge in [0.25, 0.3) is 0 Å². The van der Waals surface area contributed by atoms with Crippen molar-refractivity contribution in [1.29, 1.82) is 0 Å². The molecule has 110 valence electrons. The normalized spacial score (nSPS) is 33.2. The van der Waals surface area contributed by atoms with Gasteiger partial charge in [-0.1, -0.05) is 12.1 Å². The number of hydrogen-bond donors (Lipinski definition) is 2. The third kappa shape index (κ3) is 2.43. The van der Waals surface area contributed by atoms with Crippen LogP contribution in [0.4, 0.5) is 0 Å². The quantitative estimate of drug-likeness (QED) is 0.870. The fraction of sp³-hybridized carbons (Fsp3) is 0.625. The van der Waals surface area contributed by atoms with Crippen molar-refractivity contribution in [3.05, 3.63) is 29.8 Å². The minimum Gasteiger partial charge on any atom is -0.508 e. The summed E-state index contributed by atoms with van der Waals surface area (Å²) in [6, 6.07) is 6.83. The van der Waals surface area contributed by atoms with Crippen molar-refractivity contribution < 1.29 is 19.7 Å². The third-order valence-electron chi connectivity index (χ3n) is 4.81. The van der Waals surface area contributed by atoms with E-state index in [1.165, 1.54) is 0 Å². The maximum absolute atomic E-state index is 11.0. The van der Waals surface area contributed by atoms with E-state index in [2.05, 4.69) is 0 Å². The number of aromatic hydroxyl groups is 1. The van der Waals surface area contributed by atoms with Gasteiger partial charge in [-0.05, 0) is 43.4 Å². The van der Waals surface area contributed by atoms with Crippen LogP contribution in [0.2, 0.25) is 0 Å². The van der Waals surface area contributed by atoms with Crippen LogP contribution in [0.3, 0.4) is 0 Å². The van der Waals surface area contributed by atoms with Crippen LogP contribution in [0, 0.1) is 5.92 Å². The van der Waals surface area contributed by atoms with E-state index in [0.29, 0.717) is 13.2 Å². The van der Waals surface area contributed by atoms with E-state index >= 15 is 0 Å². The summed E-state index contributed by atoms with van der Waals surface area (Å²) >= 11 is 0. The third-order valence-corrected chi connectivity index (χ3v) is 4.81. The van der Waals surface area contributed by atoms with Crippen LogP contribution in [0.15, 0.2) is 24.3 Å². The van der Waals surface area contributed by atoms with E-state index < -0.39 is 5.60 Å². The van der Waals surface area contributed by atoms with Gasteiger partial charge in [-0.25, -0.2) is 0 Å². The van der Waals surface area contributed by atoms with Crippen molar-refractivity contribution in [3.8, 4) is 5.75 Å². The standard InChI is InChI=1S/C16H22O4/c1-15(18,12-2-4-14(17)5-3-12)13-6-8-20-16(10-13)7-9-19-11-16/h2-5,13,17-18H,6-11H2,1H3. The molecule has 1 aromatic rings. The summed E-state index contributed by atoms with van der Waals surface area (Å²) in [5.41, 5.74) is -0.270. The zero-order chi connectivity index (χ0) is 14.2. The zero-order valence-corrected chi connectivity index (χ0v) is 11.8. The molecule has 3 atom stereocenters. The molecule has 1 spiro atoms. The Morgan fingerprint density at radius 3 is 2.65 bits per heavy atom. The van der Waals surface area contributed by atoms with Crippen LogP contribution in [0.5, 0.6) is 5.75 Å². The van der Waals surface area contributed by atoms with E-state index in [1.54, 1.807) is 24.3 Å². The van der Waals surface area contributed by atoms with E-state index in [-0.39, 0.29) is 17.3 Å². The van der Waals surface area contributed by atoms with E-state index in [1.807, 2.05) is 6.92 Å². The van der Waals surface area contributed by atoms with Crippen molar-refractivity contribution in [2.24, 2.45) is 5.92 Å². The summed E-state index contributed by atoms with van der Waals surface area (Å²) in [6.07, 6.45) is 2.58. The highest BCUT2D eigenvalue weighted by Gasteiger charge is 2.46. The van der Waals surface area contributed by atoms with Crippen LogP contribution < -0.4 is 0 Å². The van der Waals surface area contributed by atoms with Crippen LogP contribution in [0.1, 0.15) is 31.7 Å². The van der Waals surface area contributed by atoms with Gasteiger partial charge in [0.1, 0.15) is 5.75 Å². The molecule has 2 fully saturated rings. The van der Waals surface area contributed by atoms with Gasteiger partial charge >= 0.3 is 0 Å². The highest BCUT2D eigenvalue weighted by molar-refractivity contribution is 5.30. The lowest BCUT2D eigenvalue weighted by molar-refractivity contribution is -0.140. The molecule has 0 bridgehead atoms. The average Bonchev–Trinajstić information content (AvgIpc) is 2.87. The highest BCUT2D eigenvalue weighted by atomic mass is 16.6. The first kappa shape index (κ1) is 13.9. The van der Waals surface area contributed by atoms with E-state index in [0.717, 1.165) is 31.4 Å². The maximum atomic E-state index is 11.0. The lowest BCUT2D eigenvalue weighted by Crippen LogP contribution is -2.46. The van der Waals surface area contributed by atoms with Gasteiger partial charge in [0.05, 0.1) is 17.8 Å². The van der Waals surface area contributed by atoms with Crippen LogP contribution in [0.25, 0.3) is 0 Å². The second-order valence-corrected chi connectivity index (χ2v) is 6.22. The van der Waals surface area contributed by atoms with Crippen LogP contribution in [-0.2, 0) is 15.1 Å². The van der Waals surface area contributed by atoms with Crippen molar-refractivity contribution in [1.82, 2.24) is 0 Å². The molecule has 2 N–H and O–H groups in total. The SMILES string of the molecule is CC(O)(c1ccc(O)cc1)C1CCOC2(CCOC2)C1. The summed E-state index contributed by atoms with van der Waals surface area (Å²) < 4.78 is 11.4. The lowest BCUT2D eigenvalue weighted by atomic mass is 9.73. The molecule has 2 aliphatic rings. The van der Waals surface area contributed by atoms with Gasteiger partial charge in [0.15, 0.2) is 0 Å². The molecule has 0 aliphatic carbocycles. The zero-order valence-electron chi connectivity index (χ0n) is 11.8.